The smallest absolute Gasteiger partial charge is 0.223 e. The monoisotopic (exact) mass is 345 g/mol. The van der Waals surface area contributed by atoms with E-state index < -0.39 is 0 Å². The molecule has 0 aromatic heterocycles. The Morgan fingerprint density at radius 3 is 2.64 bits per heavy atom. The molecule has 0 spiro atoms. The van der Waals surface area contributed by atoms with Gasteiger partial charge in [0.05, 0.1) is 19.3 Å². The molecule has 2 atom stereocenters. The summed E-state index contributed by atoms with van der Waals surface area (Å²) < 4.78 is 5.46. The van der Waals surface area contributed by atoms with E-state index in [9.17, 15) is 9.59 Å². The van der Waals surface area contributed by atoms with Gasteiger partial charge in [0.15, 0.2) is 0 Å². The maximum absolute atomic E-state index is 12.5. The summed E-state index contributed by atoms with van der Waals surface area (Å²) in [5, 5.41) is 3.09. The van der Waals surface area contributed by atoms with E-state index in [-0.39, 0.29) is 23.8 Å². The molecule has 25 heavy (non-hydrogen) atoms. The summed E-state index contributed by atoms with van der Waals surface area (Å²) in [4.78, 5) is 28.4. The van der Waals surface area contributed by atoms with E-state index in [0.29, 0.717) is 19.5 Å². The van der Waals surface area contributed by atoms with Crippen LogP contribution in [0.15, 0.2) is 30.3 Å². The summed E-state index contributed by atoms with van der Waals surface area (Å²) in [5.41, 5.74) is 1.20. The fourth-order valence-corrected chi connectivity index (χ4v) is 3.53. The Bertz CT molecular complexity index is 587. The largest absolute Gasteiger partial charge is 0.379 e. The second kappa shape index (κ2) is 8.45. The fourth-order valence-electron chi connectivity index (χ4n) is 3.53. The molecule has 0 bridgehead atoms. The average Bonchev–Trinajstić information content (AvgIpc) is 2.66. The summed E-state index contributed by atoms with van der Waals surface area (Å²) in [6.45, 7) is 4.39. The molecule has 6 nitrogen and oxygen atoms in total. The number of amides is 2. The molecule has 2 fully saturated rings. The maximum Gasteiger partial charge on any atom is 0.223 e. The van der Waals surface area contributed by atoms with Crippen LogP contribution in [0.2, 0.25) is 0 Å². The van der Waals surface area contributed by atoms with Gasteiger partial charge in [-0.25, -0.2) is 0 Å². The number of nitrogens with zero attached hydrogens (tertiary/aromatic N) is 2. The first-order chi connectivity index (χ1) is 12.1. The molecule has 1 aromatic rings. The van der Waals surface area contributed by atoms with Gasteiger partial charge in [-0.15, -0.1) is 0 Å². The van der Waals surface area contributed by atoms with Crippen LogP contribution >= 0.6 is 0 Å². The van der Waals surface area contributed by atoms with Crippen molar-refractivity contribution in [2.75, 3.05) is 46.4 Å². The highest BCUT2D eigenvalue weighted by Gasteiger charge is 2.30. The van der Waals surface area contributed by atoms with Crippen molar-refractivity contribution < 1.29 is 14.3 Å². The van der Waals surface area contributed by atoms with Gasteiger partial charge in [0, 0.05) is 45.6 Å². The van der Waals surface area contributed by atoms with Crippen molar-refractivity contribution in [2.24, 2.45) is 5.92 Å². The van der Waals surface area contributed by atoms with Crippen LogP contribution in [-0.4, -0.2) is 68.1 Å². The number of benzene rings is 1. The van der Waals surface area contributed by atoms with Crippen LogP contribution in [0.1, 0.15) is 24.4 Å². The van der Waals surface area contributed by atoms with E-state index in [2.05, 4.69) is 22.3 Å². The van der Waals surface area contributed by atoms with E-state index in [1.54, 1.807) is 11.9 Å². The van der Waals surface area contributed by atoms with Crippen molar-refractivity contribution in [3.63, 3.8) is 0 Å². The Kier molecular flexibility index (Phi) is 6.04. The van der Waals surface area contributed by atoms with Crippen molar-refractivity contribution in [3.05, 3.63) is 35.9 Å². The van der Waals surface area contributed by atoms with Gasteiger partial charge in [-0.1, -0.05) is 30.3 Å². The SMILES string of the molecule is CN1CC[C@@H](C(=O)NC[C@H](c2ccccc2)N2CCOCC2)CC1=O. The van der Waals surface area contributed by atoms with Gasteiger partial charge in [0.25, 0.3) is 0 Å². The van der Waals surface area contributed by atoms with Crippen LogP contribution in [0.25, 0.3) is 0 Å². The Morgan fingerprint density at radius 1 is 1.24 bits per heavy atom. The molecule has 0 aliphatic carbocycles. The van der Waals surface area contributed by atoms with Gasteiger partial charge in [0.1, 0.15) is 0 Å². The number of morpholine rings is 1. The lowest BCUT2D eigenvalue weighted by Gasteiger charge is -2.35. The number of carbonyl (C=O) groups is 2. The van der Waals surface area contributed by atoms with Gasteiger partial charge in [0.2, 0.25) is 11.8 Å². The number of piperidine rings is 1. The van der Waals surface area contributed by atoms with Gasteiger partial charge < -0.3 is 15.0 Å². The number of hydrogen-bond donors (Lipinski definition) is 1. The number of nitrogens with one attached hydrogen (secondary N) is 1. The Hall–Kier alpha value is -1.92. The third kappa shape index (κ3) is 4.58. The lowest BCUT2D eigenvalue weighted by molar-refractivity contribution is -0.139. The quantitative estimate of drug-likeness (QED) is 0.866. The molecule has 2 heterocycles. The zero-order valence-electron chi connectivity index (χ0n) is 14.8. The van der Waals surface area contributed by atoms with E-state index in [1.165, 1.54) is 5.56 Å². The van der Waals surface area contributed by atoms with Crippen molar-refractivity contribution in [1.82, 2.24) is 15.1 Å². The first kappa shape index (κ1) is 17.9. The number of carbonyl (C=O) groups excluding carboxylic acids is 2. The predicted octanol–water partition coefficient (Wildman–Crippen LogP) is 1.04. The third-order valence-electron chi connectivity index (χ3n) is 5.17. The molecule has 0 saturated carbocycles. The Balaban J connectivity index is 1.62. The van der Waals surface area contributed by atoms with Crippen molar-refractivity contribution in [3.8, 4) is 0 Å². The Labute approximate surface area is 149 Å². The molecule has 2 aliphatic heterocycles. The summed E-state index contributed by atoms with van der Waals surface area (Å²) in [6.07, 6.45) is 1.05. The normalized spacial score (nSPS) is 23.3. The van der Waals surface area contributed by atoms with Crippen LogP contribution in [-0.2, 0) is 14.3 Å². The van der Waals surface area contributed by atoms with E-state index >= 15 is 0 Å². The minimum atomic E-state index is -0.204. The second-order valence-corrected chi connectivity index (χ2v) is 6.82. The minimum Gasteiger partial charge on any atom is -0.379 e. The maximum atomic E-state index is 12.5. The van der Waals surface area contributed by atoms with Crippen molar-refractivity contribution in [1.29, 1.82) is 0 Å². The molecular weight excluding hydrogens is 318 g/mol. The summed E-state index contributed by atoms with van der Waals surface area (Å²) in [7, 11) is 1.79. The zero-order chi connectivity index (χ0) is 17.6. The first-order valence-corrected chi connectivity index (χ1v) is 9.03. The van der Waals surface area contributed by atoms with Crippen LogP contribution < -0.4 is 5.32 Å². The van der Waals surface area contributed by atoms with Crippen LogP contribution in [0.4, 0.5) is 0 Å². The average molecular weight is 345 g/mol. The van der Waals surface area contributed by atoms with Gasteiger partial charge in [-0.2, -0.15) is 0 Å². The lowest BCUT2D eigenvalue weighted by Crippen LogP contribution is -2.46. The highest BCUT2D eigenvalue weighted by Crippen LogP contribution is 2.22. The predicted molar refractivity (Wildman–Crippen MR) is 94.9 cm³/mol. The molecule has 2 saturated heterocycles. The summed E-state index contributed by atoms with van der Waals surface area (Å²) >= 11 is 0. The van der Waals surface area contributed by atoms with E-state index in [1.807, 2.05) is 18.2 Å². The first-order valence-electron chi connectivity index (χ1n) is 9.03. The van der Waals surface area contributed by atoms with Gasteiger partial charge >= 0.3 is 0 Å². The van der Waals surface area contributed by atoms with Crippen LogP contribution in [0, 0.1) is 5.92 Å². The number of ether oxygens (including phenoxy) is 1. The molecular formula is C19H27N3O3. The minimum absolute atomic E-state index is 0.00404. The molecule has 3 rings (SSSR count). The third-order valence-corrected chi connectivity index (χ3v) is 5.17. The molecule has 0 radical (unpaired) electrons. The summed E-state index contributed by atoms with van der Waals surface area (Å²) in [5.74, 6) is -0.153. The van der Waals surface area contributed by atoms with E-state index in [0.717, 1.165) is 32.7 Å². The molecule has 0 unspecified atom stereocenters. The lowest BCUT2D eigenvalue weighted by atomic mass is 9.95. The van der Waals surface area contributed by atoms with Crippen molar-refractivity contribution in [2.45, 2.75) is 18.9 Å². The van der Waals surface area contributed by atoms with Gasteiger partial charge in [-0.05, 0) is 12.0 Å². The number of rotatable bonds is 5. The van der Waals surface area contributed by atoms with Crippen LogP contribution in [0.3, 0.4) is 0 Å². The molecule has 136 valence electrons. The number of hydrogen-bond acceptors (Lipinski definition) is 4. The zero-order valence-corrected chi connectivity index (χ0v) is 14.8. The standard InChI is InChI=1S/C19H27N3O3/c1-21-8-7-16(13-18(21)23)19(24)20-14-17(15-5-3-2-4-6-15)22-9-11-25-12-10-22/h2-6,16-17H,7-14H2,1H3,(H,20,24)/t16-,17-/m1/s1. The molecule has 2 amide bonds. The van der Waals surface area contributed by atoms with Crippen LogP contribution in [0.5, 0.6) is 0 Å². The topological polar surface area (TPSA) is 61.9 Å². The second-order valence-electron chi connectivity index (χ2n) is 6.82. The van der Waals surface area contributed by atoms with E-state index in [4.69, 9.17) is 4.74 Å². The number of likely N-dealkylation sites (tertiary alicyclic amines) is 1. The molecule has 1 N–H and O–H groups in total. The molecule has 2 aliphatic rings. The highest BCUT2D eigenvalue weighted by molar-refractivity contribution is 5.86. The van der Waals surface area contributed by atoms with Crippen molar-refractivity contribution >= 4 is 11.8 Å². The van der Waals surface area contributed by atoms with Gasteiger partial charge in [-0.3, -0.25) is 14.5 Å². The molecule has 1 aromatic carbocycles. The fraction of sp³-hybridized carbons (Fsp3) is 0.579. The Morgan fingerprint density at radius 2 is 1.96 bits per heavy atom. The highest BCUT2D eigenvalue weighted by atomic mass is 16.5. The summed E-state index contributed by atoms with van der Waals surface area (Å²) in [6, 6.07) is 10.4. The molecule has 6 heteroatoms.